The zero-order valence-corrected chi connectivity index (χ0v) is 10.5. The quantitative estimate of drug-likeness (QED) is 0.685. The second kappa shape index (κ2) is 5.51. The zero-order valence-electron chi connectivity index (χ0n) is 9.79. The largest absolute Gasteiger partial charge is 0.303 e. The number of nitrogens with zero attached hydrogens (tertiary/aromatic N) is 2. The third-order valence-corrected chi connectivity index (χ3v) is 4.31. The maximum atomic E-state index is 5.75. The van der Waals surface area contributed by atoms with E-state index in [1.165, 1.54) is 45.4 Å². The second-order valence-electron chi connectivity index (χ2n) is 5.08. The molecular formula is C12H23ClN2. The Morgan fingerprint density at radius 1 is 1.27 bits per heavy atom. The highest BCUT2D eigenvalue weighted by atomic mass is 35.5. The van der Waals surface area contributed by atoms with Gasteiger partial charge in [0.1, 0.15) is 0 Å². The minimum Gasteiger partial charge on any atom is -0.303 e. The van der Waals surface area contributed by atoms with Gasteiger partial charge in [-0.2, -0.15) is 0 Å². The van der Waals surface area contributed by atoms with Gasteiger partial charge in [0, 0.05) is 18.5 Å². The Bertz CT molecular complexity index is 198. The SMILES string of the molecule is CN1CCCC2CN(CCCCl)CCC21. The van der Waals surface area contributed by atoms with Gasteiger partial charge in [-0.15, -0.1) is 11.6 Å². The fourth-order valence-corrected chi connectivity index (χ4v) is 3.33. The number of hydrogen-bond donors (Lipinski definition) is 0. The fraction of sp³-hybridized carbons (Fsp3) is 1.00. The first-order valence-electron chi connectivity index (χ1n) is 6.30. The Morgan fingerprint density at radius 2 is 2.13 bits per heavy atom. The molecule has 2 heterocycles. The van der Waals surface area contributed by atoms with Crippen LogP contribution in [0.4, 0.5) is 0 Å². The van der Waals surface area contributed by atoms with Crippen LogP contribution in [0.15, 0.2) is 0 Å². The number of rotatable bonds is 3. The molecule has 0 amide bonds. The molecule has 2 unspecified atom stereocenters. The third kappa shape index (κ3) is 2.86. The molecule has 2 saturated heterocycles. The van der Waals surface area contributed by atoms with E-state index in [0.717, 1.165) is 24.3 Å². The number of fused-ring (bicyclic) bond motifs is 1. The molecule has 0 radical (unpaired) electrons. The van der Waals surface area contributed by atoms with E-state index < -0.39 is 0 Å². The Balaban J connectivity index is 1.83. The Kier molecular flexibility index (Phi) is 4.30. The Morgan fingerprint density at radius 3 is 2.93 bits per heavy atom. The van der Waals surface area contributed by atoms with Crippen LogP contribution in [-0.2, 0) is 0 Å². The third-order valence-electron chi connectivity index (χ3n) is 4.04. The molecule has 88 valence electrons. The maximum absolute atomic E-state index is 5.75. The van der Waals surface area contributed by atoms with Crippen LogP contribution < -0.4 is 0 Å². The highest BCUT2D eigenvalue weighted by Crippen LogP contribution is 2.29. The molecule has 0 aromatic rings. The van der Waals surface area contributed by atoms with Crippen molar-refractivity contribution in [2.45, 2.75) is 31.7 Å². The van der Waals surface area contributed by atoms with Crippen molar-refractivity contribution in [1.29, 1.82) is 0 Å². The summed E-state index contributed by atoms with van der Waals surface area (Å²) < 4.78 is 0. The summed E-state index contributed by atoms with van der Waals surface area (Å²) in [5.41, 5.74) is 0. The van der Waals surface area contributed by atoms with E-state index in [1.807, 2.05) is 0 Å². The summed E-state index contributed by atoms with van der Waals surface area (Å²) in [7, 11) is 2.30. The van der Waals surface area contributed by atoms with E-state index in [1.54, 1.807) is 0 Å². The van der Waals surface area contributed by atoms with Crippen molar-refractivity contribution in [2.24, 2.45) is 5.92 Å². The van der Waals surface area contributed by atoms with E-state index in [2.05, 4.69) is 16.8 Å². The summed E-state index contributed by atoms with van der Waals surface area (Å²) in [6, 6.07) is 0.867. The van der Waals surface area contributed by atoms with Crippen molar-refractivity contribution in [1.82, 2.24) is 9.80 Å². The average molecular weight is 231 g/mol. The molecule has 0 aromatic heterocycles. The highest BCUT2D eigenvalue weighted by Gasteiger charge is 2.33. The zero-order chi connectivity index (χ0) is 10.7. The van der Waals surface area contributed by atoms with Crippen LogP contribution in [0.25, 0.3) is 0 Å². The molecule has 15 heavy (non-hydrogen) atoms. The molecule has 0 N–H and O–H groups in total. The first-order valence-corrected chi connectivity index (χ1v) is 6.83. The van der Waals surface area contributed by atoms with Gasteiger partial charge in [0.15, 0.2) is 0 Å². The van der Waals surface area contributed by atoms with Gasteiger partial charge in [-0.3, -0.25) is 0 Å². The summed E-state index contributed by atoms with van der Waals surface area (Å²) >= 11 is 5.75. The van der Waals surface area contributed by atoms with Crippen molar-refractivity contribution in [3.63, 3.8) is 0 Å². The molecule has 2 rings (SSSR count). The number of piperidine rings is 2. The monoisotopic (exact) mass is 230 g/mol. The molecule has 2 nitrogen and oxygen atoms in total. The van der Waals surface area contributed by atoms with Gasteiger partial charge >= 0.3 is 0 Å². The van der Waals surface area contributed by atoms with Crippen LogP contribution in [0.3, 0.4) is 0 Å². The summed E-state index contributed by atoms with van der Waals surface area (Å²) in [5, 5.41) is 0. The average Bonchev–Trinajstić information content (AvgIpc) is 2.26. The van der Waals surface area contributed by atoms with Crippen molar-refractivity contribution in [2.75, 3.05) is 39.1 Å². The molecule has 0 aromatic carbocycles. The van der Waals surface area contributed by atoms with E-state index in [9.17, 15) is 0 Å². The molecule has 2 atom stereocenters. The number of likely N-dealkylation sites (tertiary alicyclic amines) is 2. The molecule has 0 bridgehead atoms. The van der Waals surface area contributed by atoms with Crippen molar-refractivity contribution in [3.8, 4) is 0 Å². The van der Waals surface area contributed by atoms with E-state index in [4.69, 9.17) is 11.6 Å². The van der Waals surface area contributed by atoms with Gasteiger partial charge in [-0.1, -0.05) is 0 Å². The standard InChI is InChI=1S/C12H23ClN2/c1-14-7-2-4-11-10-15(8-3-6-13)9-5-12(11)14/h11-12H,2-10H2,1H3. The number of alkyl halides is 1. The minimum absolute atomic E-state index is 0.810. The Labute approximate surface area is 98.6 Å². The van der Waals surface area contributed by atoms with Gasteiger partial charge in [0.05, 0.1) is 0 Å². The topological polar surface area (TPSA) is 6.48 Å². The molecule has 0 spiro atoms. The van der Waals surface area contributed by atoms with Crippen LogP contribution >= 0.6 is 11.6 Å². The normalized spacial score (nSPS) is 34.0. The lowest BCUT2D eigenvalue weighted by Crippen LogP contribution is -2.52. The summed E-state index contributed by atoms with van der Waals surface area (Å²) in [5.74, 6) is 1.73. The Hall–Kier alpha value is 0.210. The van der Waals surface area contributed by atoms with Crippen LogP contribution in [0.5, 0.6) is 0 Å². The van der Waals surface area contributed by atoms with Crippen molar-refractivity contribution >= 4 is 11.6 Å². The maximum Gasteiger partial charge on any atom is 0.0235 e. The molecule has 2 fully saturated rings. The lowest BCUT2D eigenvalue weighted by Gasteiger charge is -2.46. The predicted molar refractivity (Wildman–Crippen MR) is 65.5 cm³/mol. The number of halogens is 1. The van der Waals surface area contributed by atoms with E-state index >= 15 is 0 Å². The minimum atomic E-state index is 0.810. The molecular weight excluding hydrogens is 208 g/mol. The summed E-state index contributed by atoms with van der Waals surface area (Å²) in [4.78, 5) is 5.19. The molecule has 2 aliphatic rings. The van der Waals surface area contributed by atoms with Gasteiger partial charge in [0.25, 0.3) is 0 Å². The lowest BCUT2D eigenvalue weighted by atomic mass is 9.84. The van der Waals surface area contributed by atoms with Gasteiger partial charge in [0.2, 0.25) is 0 Å². The van der Waals surface area contributed by atoms with Gasteiger partial charge in [-0.25, -0.2) is 0 Å². The van der Waals surface area contributed by atoms with Crippen molar-refractivity contribution < 1.29 is 0 Å². The van der Waals surface area contributed by atoms with E-state index in [-0.39, 0.29) is 0 Å². The molecule has 0 aliphatic carbocycles. The van der Waals surface area contributed by atoms with Gasteiger partial charge in [-0.05, 0) is 58.3 Å². The summed E-state index contributed by atoms with van der Waals surface area (Å²) in [6.45, 7) is 5.10. The molecule has 3 heteroatoms. The van der Waals surface area contributed by atoms with Crippen LogP contribution in [0, 0.1) is 5.92 Å². The molecule has 0 saturated carbocycles. The molecule has 2 aliphatic heterocycles. The highest BCUT2D eigenvalue weighted by molar-refractivity contribution is 6.17. The summed E-state index contributed by atoms with van der Waals surface area (Å²) in [6.07, 6.45) is 5.34. The smallest absolute Gasteiger partial charge is 0.0235 e. The number of hydrogen-bond acceptors (Lipinski definition) is 2. The second-order valence-corrected chi connectivity index (χ2v) is 5.46. The van der Waals surface area contributed by atoms with Crippen molar-refractivity contribution in [3.05, 3.63) is 0 Å². The van der Waals surface area contributed by atoms with Crippen LogP contribution in [0.2, 0.25) is 0 Å². The first-order chi connectivity index (χ1) is 7.31. The van der Waals surface area contributed by atoms with Crippen LogP contribution in [-0.4, -0.2) is 54.9 Å². The lowest BCUT2D eigenvalue weighted by molar-refractivity contribution is 0.0388. The van der Waals surface area contributed by atoms with Crippen LogP contribution in [0.1, 0.15) is 25.7 Å². The predicted octanol–water partition coefficient (Wildman–Crippen LogP) is 2.03. The van der Waals surface area contributed by atoms with E-state index in [0.29, 0.717) is 0 Å². The van der Waals surface area contributed by atoms with Gasteiger partial charge < -0.3 is 9.80 Å². The fourth-order valence-electron chi connectivity index (χ4n) is 3.21. The first kappa shape index (κ1) is 11.7.